The summed E-state index contributed by atoms with van der Waals surface area (Å²) in [7, 11) is 0. The highest BCUT2D eigenvalue weighted by Crippen LogP contribution is 2.38. The number of phenolic OH excluding ortho intramolecular Hbond substituents is 3. The summed E-state index contributed by atoms with van der Waals surface area (Å²) >= 11 is 0. The molecule has 0 unspecified atom stereocenters. The number of phenols is 3. The lowest BCUT2D eigenvalue weighted by Crippen LogP contribution is -1.94. The number of benzene rings is 2. The standard InChI is InChI=1S/C16H12FN3O6/c17-10-3-1-8(5-12(10)21)2-4-14-18-16(26-19-14)9-6-11(20(24)25)15(23)13(22)7-9/h1,3,5-7,21-23H,2,4H2. The Bertz CT molecular complexity index is 988. The highest BCUT2D eigenvalue weighted by Gasteiger charge is 2.22. The van der Waals surface area contributed by atoms with E-state index in [1.807, 2.05) is 0 Å². The summed E-state index contributed by atoms with van der Waals surface area (Å²) in [6.07, 6.45) is 0.703. The number of hydrogen-bond donors (Lipinski definition) is 3. The van der Waals surface area contributed by atoms with E-state index >= 15 is 0 Å². The van der Waals surface area contributed by atoms with Crippen molar-refractivity contribution in [2.75, 3.05) is 0 Å². The first-order chi connectivity index (χ1) is 12.3. The second kappa shape index (κ2) is 6.67. The zero-order valence-corrected chi connectivity index (χ0v) is 13.1. The van der Waals surface area contributed by atoms with Gasteiger partial charge < -0.3 is 19.8 Å². The Morgan fingerprint density at radius 1 is 1.12 bits per heavy atom. The van der Waals surface area contributed by atoms with Crippen molar-refractivity contribution in [1.29, 1.82) is 0 Å². The van der Waals surface area contributed by atoms with Crippen molar-refractivity contribution in [2.24, 2.45) is 0 Å². The number of aryl methyl sites for hydroxylation is 2. The number of aromatic hydroxyl groups is 3. The molecule has 1 heterocycles. The van der Waals surface area contributed by atoms with E-state index in [0.29, 0.717) is 18.4 Å². The average Bonchev–Trinajstić information content (AvgIpc) is 3.07. The molecule has 0 saturated heterocycles. The Balaban J connectivity index is 1.79. The molecular formula is C16H12FN3O6. The van der Waals surface area contributed by atoms with Crippen LogP contribution in [0, 0.1) is 15.9 Å². The largest absolute Gasteiger partial charge is 0.505 e. The summed E-state index contributed by atoms with van der Waals surface area (Å²) < 4.78 is 18.1. The zero-order chi connectivity index (χ0) is 18.8. The fourth-order valence-electron chi connectivity index (χ4n) is 2.31. The SMILES string of the molecule is O=[N+]([O-])c1cc(-c2nc(CCc3ccc(F)c(O)c3)no2)cc(O)c1O. The van der Waals surface area contributed by atoms with E-state index in [2.05, 4.69) is 10.1 Å². The van der Waals surface area contributed by atoms with Gasteiger partial charge in [0.05, 0.1) is 10.5 Å². The molecule has 0 radical (unpaired) electrons. The molecule has 26 heavy (non-hydrogen) atoms. The highest BCUT2D eigenvalue weighted by molar-refractivity contribution is 5.67. The van der Waals surface area contributed by atoms with Crippen molar-refractivity contribution in [3.05, 3.63) is 57.7 Å². The maximum Gasteiger partial charge on any atom is 0.315 e. The lowest BCUT2D eigenvalue weighted by Gasteiger charge is -2.01. The third-order valence-electron chi connectivity index (χ3n) is 3.63. The molecule has 0 saturated carbocycles. The molecule has 0 aliphatic heterocycles. The van der Waals surface area contributed by atoms with E-state index < -0.39 is 33.7 Å². The predicted molar refractivity (Wildman–Crippen MR) is 85.2 cm³/mol. The molecule has 0 atom stereocenters. The van der Waals surface area contributed by atoms with Crippen LogP contribution in [0.4, 0.5) is 10.1 Å². The van der Waals surface area contributed by atoms with Gasteiger partial charge in [-0.15, -0.1) is 0 Å². The van der Waals surface area contributed by atoms with E-state index in [4.69, 9.17) is 4.52 Å². The van der Waals surface area contributed by atoms with Crippen LogP contribution in [0.1, 0.15) is 11.4 Å². The Morgan fingerprint density at radius 3 is 2.58 bits per heavy atom. The van der Waals surface area contributed by atoms with Crippen LogP contribution in [0.15, 0.2) is 34.9 Å². The van der Waals surface area contributed by atoms with Gasteiger partial charge in [-0.05, 0) is 30.2 Å². The summed E-state index contributed by atoms with van der Waals surface area (Å²) in [5.74, 6) is -2.50. The topological polar surface area (TPSA) is 143 Å². The van der Waals surface area contributed by atoms with E-state index in [1.54, 1.807) is 0 Å². The Kier molecular flexibility index (Phi) is 4.40. The van der Waals surface area contributed by atoms with E-state index in [-0.39, 0.29) is 17.3 Å². The monoisotopic (exact) mass is 361 g/mol. The molecule has 0 aliphatic rings. The van der Waals surface area contributed by atoms with Crippen molar-refractivity contribution in [3.63, 3.8) is 0 Å². The molecule has 0 bridgehead atoms. The first-order valence-electron chi connectivity index (χ1n) is 7.36. The van der Waals surface area contributed by atoms with Gasteiger partial charge in [-0.3, -0.25) is 10.1 Å². The molecule has 0 amide bonds. The molecule has 1 aromatic heterocycles. The van der Waals surface area contributed by atoms with Crippen LogP contribution in [0.5, 0.6) is 17.2 Å². The summed E-state index contributed by atoms with van der Waals surface area (Å²) in [6, 6.07) is 6.02. The van der Waals surface area contributed by atoms with Crippen LogP contribution in [0.25, 0.3) is 11.5 Å². The van der Waals surface area contributed by atoms with Gasteiger partial charge in [-0.1, -0.05) is 11.2 Å². The Labute approximate surface area is 145 Å². The maximum absolute atomic E-state index is 13.0. The first kappa shape index (κ1) is 17.1. The minimum absolute atomic E-state index is 0.0691. The molecule has 0 spiro atoms. The molecule has 9 nitrogen and oxygen atoms in total. The number of halogens is 1. The number of nitrogens with zero attached hydrogens (tertiary/aromatic N) is 3. The van der Waals surface area contributed by atoms with Crippen molar-refractivity contribution in [1.82, 2.24) is 10.1 Å². The maximum atomic E-state index is 13.0. The van der Waals surface area contributed by atoms with E-state index in [9.17, 15) is 29.8 Å². The normalized spacial score (nSPS) is 10.8. The molecule has 2 aromatic carbocycles. The lowest BCUT2D eigenvalue weighted by atomic mass is 10.1. The van der Waals surface area contributed by atoms with E-state index in [0.717, 1.165) is 18.2 Å². The van der Waals surface area contributed by atoms with E-state index in [1.165, 1.54) is 12.1 Å². The fourth-order valence-corrected chi connectivity index (χ4v) is 2.31. The van der Waals surface area contributed by atoms with Crippen molar-refractivity contribution in [2.45, 2.75) is 12.8 Å². The summed E-state index contributed by atoms with van der Waals surface area (Å²) in [4.78, 5) is 14.1. The van der Waals surface area contributed by atoms with Crippen LogP contribution in [-0.2, 0) is 12.8 Å². The number of rotatable bonds is 5. The van der Waals surface area contributed by atoms with Crippen LogP contribution < -0.4 is 0 Å². The average molecular weight is 361 g/mol. The van der Waals surface area contributed by atoms with Gasteiger partial charge in [0.1, 0.15) is 0 Å². The van der Waals surface area contributed by atoms with Crippen LogP contribution >= 0.6 is 0 Å². The second-order valence-corrected chi connectivity index (χ2v) is 5.42. The van der Waals surface area contributed by atoms with Gasteiger partial charge in [0, 0.05) is 12.5 Å². The first-order valence-corrected chi connectivity index (χ1v) is 7.36. The third-order valence-corrected chi connectivity index (χ3v) is 3.63. The van der Waals surface area contributed by atoms with Crippen LogP contribution in [-0.4, -0.2) is 30.4 Å². The van der Waals surface area contributed by atoms with Crippen molar-refractivity contribution >= 4 is 5.69 Å². The zero-order valence-electron chi connectivity index (χ0n) is 13.1. The van der Waals surface area contributed by atoms with Gasteiger partial charge in [-0.25, -0.2) is 4.39 Å². The number of aromatic nitrogens is 2. The summed E-state index contributed by atoms with van der Waals surface area (Å²) in [5.41, 5.74) is 0.0416. The number of hydrogen-bond acceptors (Lipinski definition) is 8. The van der Waals surface area contributed by atoms with Gasteiger partial charge >= 0.3 is 5.69 Å². The fraction of sp³-hybridized carbons (Fsp3) is 0.125. The quantitative estimate of drug-likeness (QED) is 0.357. The smallest absolute Gasteiger partial charge is 0.315 e. The molecule has 0 fully saturated rings. The summed E-state index contributed by atoms with van der Waals surface area (Å²) in [6.45, 7) is 0. The molecule has 134 valence electrons. The van der Waals surface area contributed by atoms with Gasteiger partial charge in [0.2, 0.25) is 5.75 Å². The summed E-state index contributed by atoms with van der Waals surface area (Å²) in [5, 5.41) is 43.1. The second-order valence-electron chi connectivity index (χ2n) is 5.42. The molecular weight excluding hydrogens is 349 g/mol. The van der Waals surface area contributed by atoms with Crippen LogP contribution in [0.2, 0.25) is 0 Å². The minimum atomic E-state index is -0.852. The van der Waals surface area contributed by atoms with Gasteiger partial charge in [0.15, 0.2) is 23.1 Å². The van der Waals surface area contributed by atoms with Crippen LogP contribution in [0.3, 0.4) is 0 Å². The Morgan fingerprint density at radius 2 is 1.88 bits per heavy atom. The minimum Gasteiger partial charge on any atom is -0.505 e. The molecule has 3 aromatic rings. The molecule has 10 heteroatoms. The Hall–Kier alpha value is -3.69. The molecule has 3 N–H and O–H groups in total. The van der Waals surface area contributed by atoms with Crippen molar-refractivity contribution in [3.8, 4) is 28.7 Å². The molecule has 3 rings (SSSR count). The third kappa shape index (κ3) is 3.38. The lowest BCUT2D eigenvalue weighted by molar-refractivity contribution is -0.385. The molecule has 0 aliphatic carbocycles. The van der Waals surface area contributed by atoms with Gasteiger partial charge in [-0.2, -0.15) is 4.98 Å². The number of nitro groups is 1. The van der Waals surface area contributed by atoms with Crippen molar-refractivity contribution < 1.29 is 29.2 Å². The predicted octanol–water partition coefficient (Wildman–Crippen LogP) is 2.69. The van der Waals surface area contributed by atoms with Gasteiger partial charge in [0.25, 0.3) is 5.89 Å². The number of nitro benzene ring substituents is 1. The highest BCUT2D eigenvalue weighted by atomic mass is 19.1.